The van der Waals surface area contributed by atoms with Crippen molar-refractivity contribution in [1.29, 1.82) is 0 Å². The van der Waals surface area contributed by atoms with Gasteiger partial charge in [-0.3, -0.25) is 0 Å². The highest BCUT2D eigenvalue weighted by Crippen LogP contribution is 2.36. The summed E-state index contributed by atoms with van der Waals surface area (Å²) < 4.78 is 32.4. The molecule has 3 aromatic rings. The number of methoxy groups -OCH3 is 1. The first-order chi connectivity index (χ1) is 19.2. The molecule has 0 saturated heterocycles. The first-order valence-corrected chi connectivity index (χ1v) is 15.8. The van der Waals surface area contributed by atoms with Crippen LogP contribution in [0.2, 0.25) is 5.04 Å². The van der Waals surface area contributed by atoms with E-state index in [0.29, 0.717) is 26.1 Å². The summed E-state index contributed by atoms with van der Waals surface area (Å²) in [5.41, 5.74) is 1.01. The molecule has 0 spiro atoms. The van der Waals surface area contributed by atoms with Crippen molar-refractivity contribution in [3.63, 3.8) is 0 Å². The van der Waals surface area contributed by atoms with Crippen LogP contribution < -0.4 is 15.1 Å². The molecule has 6 heteroatoms. The fraction of sp³-hybridized carbons (Fsp3) is 0.353. The summed E-state index contributed by atoms with van der Waals surface area (Å²) in [5.74, 6) is 0.211. The van der Waals surface area contributed by atoms with Gasteiger partial charge >= 0.3 is 0 Å². The minimum Gasteiger partial charge on any atom is -0.497 e. The van der Waals surface area contributed by atoms with Crippen LogP contribution in [0.15, 0.2) is 109 Å². The summed E-state index contributed by atoms with van der Waals surface area (Å²) in [6, 6.07) is 28.6. The second-order valence-electron chi connectivity index (χ2n) is 11.0. The molecule has 0 amide bonds. The van der Waals surface area contributed by atoms with Crippen molar-refractivity contribution in [2.45, 2.75) is 64.4 Å². The Bertz CT molecular complexity index is 1160. The molecule has 0 heterocycles. The lowest BCUT2D eigenvalue weighted by atomic mass is 10.2. The second-order valence-corrected chi connectivity index (χ2v) is 15.3. The molecular formula is C34H43FO4Si. The Morgan fingerprint density at radius 2 is 1.50 bits per heavy atom. The largest absolute Gasteiger partial charge is 0.497 e. The summed E-state index contributed by atoms with van der Waals surface area (Å²) in [6.45, 7) is 9.49. The van der Waals surface area contributed by atoms with E-state index < -0.39 is 20.2 Å². The number of hydrogen-bond donors (Lipinski definition) is 1. The predicted molar refractivity (Wildman–Crippen MR) is 164 cm³/mol. The van der Waals surface area contributed by atoms with Crippen LogP contribution in [0, 0.1) is 0 Å². The van der Waals surface area contributed by atoms with Crippen LogP contribution in [0.1, 0.15) is 46.1 Å². The van der Waals surface area contributed by atoms with Crippen LogP contribution in [-0.2, 0) is 15.8 Å². The summed E-state index contributed by atoms with van der Waals surface area (Å²) in [6.07, 6.45) is 4.13. The minimum atomic E-state index is -2.61. The molecule has 0 aliphatic carbocycles. The number of hydrogen-bond acceptors (Lipinski definition) is 4. The molecule has 0 saturated carbocycles. The van der Waals surface area contributed by atoms with Gasteiger partial charge in [-0.05, 0) is 58.9 Å². The van der Waals surface area contributed by atoms with Gasteiger partial charge in [0.15, 0.2) is 0 Å². The van der Waals surface area contributed by atoms with Gasteiger partial charge in [0.25, 0.3) is 8.32 Å². The van der Waals surface area contributed by atoms with Gasteiger partial charge in [-0.2, -0.15) is 0 Å². The number of benzene rings is 3. The van der Waals surface area contributed by atoms with E-state index in [4.69, 9.17) is 13.9 Å². The molecule has 2 atom stereocenters. The third-order valence-corrected chi connectivity index (χ3v) is 12.0. The summed E-state index contributed by atoms with van der Waals surface area (Å²) >= 11 is 0. The van der Waals surface area contributed by atoms with Crippen LogP contribution in [0.25, 0.3) is 0 Å². The maximum Gasteiger partial charge on any atom is 0.261 e. The average Bonchev–Trinajstić information content (AvgIpc) is 2.97. The quantitative estimate of drug-likeness (QED) is 0.135. The number of aliphatic hydroxyl groups excluding tert-OH is 1. The number of halogens is 1. The molecule has 0 fully saturated rings. The minimum absolute atomic E-state index is 0.111. The van der Waals surface area contributed by atoms with Gasteiger partial charge in [-0.15, -0.1) is 0 Å². The maximum absolute atomic E-state index is 14.6. The zero-order chi connectivity index (χ0) is 29.0. The molecule has 4 nitrogen and oxygen atoms in total. The Hall–Kier alpha value is -3.03. The molecule has 0 aromatic heterocycles. The molecule has 0 bridgehead atoms. The van der Waals surface area contributed by atoms with Crippen LogP contribution in [0.5, 0.6) is 5.75 Å². The number of ether oxygens (including phenoxy) is 2. The van der Waals surface area contributed by atoms with Gasteiger partial charge in [0.1, 0.15) is 17.7 Å². The molecule has 40 heavy (non-hydrogen) atoms. The predicted octanol–water partition coefficient (Wildman–Crippen LogP) is 6.73. The highest BCUT2D eigenvalue weighted by atomic mass is 28.4. The number of rotatable bonds is 14. The van der Waals surface area contributed by atoms with E-state index >= 15 is 0 Å². The maximum atomic E-state index is 14.6. The van der Waals surface area contributed by atoms with Crippen LogP contribution >= 0.6 is 0 Å². The van der Waals surface area contributed by atoms with E-state index in [2.05, 4.69) is 69.3 Å². The van der Waals surface area contributed by atoms with Crippen molar-refractivity contribution in [2.24, 2.45) is 0 Å². The third kappa shape index (κ3) is 8.48. The molecule has 1 unspecified atom stereocenters. The Labute approximate surface area is 240 Å². The molecule has 0 radical (unpaired) electrons. The van der Waals surface area contributed by atoms with E-state index in [-0.39, 0.29) is 11.1 Å². The van der Waals surface area contributed by atoms with E-state index in [1.165, 1.54) is 22.5 Å². The van der Waals surface area contributed by atoms with Crippen LogP contribution in [-0.4, -0.2) is 39.3 Å². The zero-order valence-corrected chi connectivity index (χ0v) is 25.3. The molecule has 0 aliphatic rings. The fourth-order valence-electron chi connectivity index (χ4n) is 4.79. The van der Waals surface area contributed by atoms with Crippen molar-refractivity contribution in [2.75, 3.05) is 13.7 Å². The highest BCUT2D eigenvalue weighted by molar-refractivity contribution is 6.99. The molecule has 214 valence electrons. The van der Waals surface area contributed by atoms with E-state index in [1.807, 2.05) is 43.3 Å². The van der Waals surface area contributed by atoms with Crippen LogP contribution in [0.4, 0.5) is 4.39 Å². The van der Waals surface area contributed by atoms with E-state index in [0.717, 1.165) is 11.3 Å². The summed E-state index contributed by atoms with van der Waals surface area (Å²) in [4.78, 5) is 0. The molecule has 3 rings (SSSR count). The summed E-state index contributed by atoms with van der Waals surface area (Å²) in [7, 11) is -0.985. The zero-order valence-electron chi connectivity index (χ0n) is 24.3. The van der Waals surface area contributed by atoms with Gasteiger partial charge < -0.3 is 19.0 Å². The lowest BCUT2D eigenvalue weighted by molar-refractivity contribution is 0.0546. The summed E-state index contributed by atoms with van der Waals surface area (Å²) in [5, 5.41) is 12.6. The molecule has 1 N–H and O–H groups in total. The smallest absolute Gasteiger partial charge is 0.261 e. The van der Waals surface area contributed by atoms with Crippen molar-refractivity contribution in [3.8, 4) is 5.75 Å². The lowest BCUT2D eigenvalue weighted by Gasteiger charge is -2.43. The van der Waals surface area contributed by atoms with Gasteiger partial charge in [0.05, 0.1) is 19.8 Å². The molecule has 3 aromatic carbocycles. The highest BCUT2D eigenvalue weighted by Gasteiger charge is 2.49. The monoisotopic (exact) mass is 562 g/mol. The first-order valence-electron chi connectivity index (χ1n) is 13.9. The van der Waals surface area contributed by atoms with Gasteiger partial charge in [0, 0.05) is 6.61 Å². The Morgan fingerprint density at radius 3 is 2.02 bits per heavy atom. The normalized spacial score (nSPS) is 14.3. The molecule has 0 aliphatic heterocycles. The van der Waals surface area contributed by atoms with E-state index in [1.54, 1.807) is 13.2 Å². The Kier molecular flexibility index (Phi) is 11.9. The topological polar surface area (TPSA) is 47.9 Å². The Morgan fingerprint density at radius 1 is 0.925 bits per heavy atom. The van der Waals surface area contributed by atoms with Crippen molar-refractivity contribution in [3.05, 3.63) is 115 Å². The second kappa shape index (κ2) is 15.1. The third-order valence-electron chi connectivity index (χ3n) is 6.96. The van der Waals surface area contributed by atoms with Crippen molar-refractivity contribution < 1.29 is 23.4 Å². The first kappa shape index (κ1) is 31.5. The average molecular weight is 563 g/mol. The SMILES string of the molecule is COc1ccc(CO[C@H](C)C/C=C(/F)C(O)/C=C\CCO[Si](c2ccccc2)(c2ccccc2)C(C)(C)C)cc1. The van der Waals surface area contributed by atoms with Crippen molar-refractivity contribution >= 4 is 18.7 Å². The standard InChI is InChI=1S/C34H43FO4Si/c1-27(38-26-28-20-22-29(37-5)23-21-28)19-24-32(35)33(36)18-12-13-25-39-40(34(2,3)4,30-14-8-6-9-15-30)31-16-10-7-11-17-31/h6-12,14-18,20-24,27,33,36H,13,19,25-26H2,1-5H3/b18-12-,32-24+/t27-,33?/m1/s1. The van der Waals surface area contributed by atoms with E-state index in [9.17, 15) is 9.50 Å². The van der Waals surface area contributed by atoms with Gasteiger partial charge in [0.2, 0.25) is 0 Å². The van der Waals surface area contributed by atoms with Crippen LogP contribution in [0.3, 0.4) is 0 Å². The van der Waals surface area contributed by atoms with Gasteiger partial charge in [-0.25, -0.2) is 4.39 Å². The Balaban J connectivity index is 1.55. The van der Waals surface area contributed by atoms with Gasteiger partial charge in [-0.1, -0.05) is 106 Å². The fourth-order valence-corrected chi connectivity index (χ4v) is 9.37. The van der Waals surface area contributed by atoms with Crippen molar-refractivity contribution in [1.82, 2.24) is 0 Å². The number of aliphatic hydroxyl groups is 1. The lowest BCUT2D eigenvalue weighted by Crippen LogP contribution is -2.66. The molecular weight excluding hydrogens is 519 g/mol.